The fraction of sp³-hybridized carbons (Fsp3) is 0.455. The number of halogens is 1. The van der Waals surface area contributed by atoms with Gasteiger partial charge in [0.25, 0.3) is 5.91 Å². The molecule has 6 heteroatoms. The second kappa shape index (κ2) is 4.77. The van der Waals surface area contributed by atoms with Gasteiger partial charge in [-0.15, -0.1) is 0 Å². The molecule has 5 nitrogen and oxygen atoms in total. The van der Waals surface area contributed by atoms with Crippen molar-refractivity contribution in [3.63, 3.8) is 0 Å². The number of hydrogen-bond donors (Lipinski definition) is 2. The number of amides is 1. The normalized spacial score (nSPS) is 23.7. The average Bonchev–Trinajstić information content (AvgIpc) is 2.73. The van der Waals surface area contributed by atoms with Crippen molar-refractivity contribution in [2.45, 2.75) is 12.1 Å². The Hall–Kier alpha value is -1.53. The quantitative estimate of drug-likeness (QED) is 0.738. The van der Waals surface area contributed by atoms with Gasteiger partial charge in [0.15, 0.2) is 0 Å². The lowest BCUT2D eigenvalue weighted by atomic mass is 10.1. The van der Waals surface area contributed by atoms with E-state index in [1.54, 1.807) is 7.05 Å². The van der Waals surface area contributed by atoms with E-state index in [1.165, 1.54) is 11.1 Å². The molecule has 1 amide bonds. The van der Waals surface area contributed by atoms with E-state index in [1.807, 2.05) is 0 Å². The lowest BCUT2D eigenvalue weighted by Crippen LogP contribution is -2.44. The zero-order valence-electron chi connectivity index (χ0n) is 9.43. The summed E-state index contributed by atoms with van der Waals surface area (Å²) in [5, 5.41) is 12.7. The van der Waals surface area contributed by atoms with Crippen LogP contribution in [0.2, 0.25) is 0 Å². The number of carbonyl (C=O) groups excluding carboxylic acids is 1. The van der Waals surface area contributed by atoms with Gasteiger partial charge in [0, 0.05) is 26.3 Å². The molecule has 0 unspecified atom stereocenters. The van der Waals surface area contributed by atoms with E-state index in [2.05, 4.69) is 10.3 Å². The molecule has 1 aliphatic rings. The van der Waals surface area contributed by atoms with E-state index in [9.17, 15) is 14.3 Å². The lowest BCUT2D eigenvalue weighted by Gasteiger charge is -2.26. The molecule has 0 aliphatic carbocycles. The van der Waals surface area contributed by atoms with Gasteiger partial charge in [0.2, 0.25) is 0 Å². The SMILES string of the molecule is CN(C(=O)c1cncc(F)c1)[C@H]1CNC[C@@H]1O. The van der Waals surface area contributed by atoms with E-state index in [0.29, 0.717) is 13.1 Å². The van der Waals surface area contributed by atoms with Gasteiger partial charge in [-0.25, -0.2) is 4.39 Å². The lowest BCUT2D eigenvalue weighted by molar-refractivity contribution is 0.0580. The van der Waals surface area contributed by atoms with E-state index in [-0.39, 0.29) is 17.5 Å². The fourth-order valence-electron chi connectivity index (χ4n) is 1.93. The second-order valence-electron chi connectivity index (χ2n) is 4.10. The highest BCUT2D eigenvalue weighted by atomic mass is 19.1. The van der Waals surface area contributed by atoms with Crippen LogP contribution in [0.4, 0.5) is 4.39 Å². The first-order chi connectivity index (χ1) is 8.09. The molecule has 0 spiro atoms. The largest absolute Gasteiger partial charge is 0.390 e. The Labute approximate surface area is 98.3 Å². The molecule has 1 aromatic rings. The highest BCUT2D eigenvalue weighted by Gasteiger charge is 2.31. The monoisotopic (exact) mass is 239 g/mol. The summed E-state index contributed by atoms with van der Waals surface area (Å²) in [6.45, 7) is 0.996. The Bertz CT molecular complexity index is 427. The van der Waals surface area contributed by atoms with Gasteiger partial charge in [-0.2, -0.15) is 0 Å². The predicted molar refractivity (Wildman–Crippen MR) is 59.0 cm³/mol. The van der Waals surface area contributed by atoms with Crippen molar-refractivity contribution in [2.75, 3.05) is 20.1 Å². The van der Waals surface area contributed by atoms with Crippen molar-refractivity contribution in [2.24, 2.45) is 0 Å². The summed E-state index contributed by atoms with van der Waals surface area (Å²) in [5.74, 6) is -0.890. The van der Waals surface area contributed by atoms with Gasteiger partial charge >= 0.3 is 0 Å². The number of aliphatic hydroxyl groups excluding tert-OH is 1. The molecule has 2 atom stereocenters. The fourth-order valence-corrected chi connectivity index (χ4v) is 1.93. The number of rotatable bonds is 2. The molecule has 0 saturated carbocycles. The molecule has 0 bridgehead atoms. The smallest absolute Gasteiger partial charge is 0.255 e. The van der Waals surface area contributed by atoms with Gasteiger partial charge in [-0.3, -0.25) is 9.78 Å². The summed E-state index contributed by atoms with van der Waals surface area (Å²) in [6.07, 6.45) is 1.77. The number of aromatic nitrogens is 1. The third kappa shape index (κ3) is 2.42. The van der Waals surface area contributed by atoms with Crippen LogP contribution in [0.5, 0.6) is 0 Å². The van der Waals surface area contributed by atoms with Crippen LogP contribution >= 0.6 is 0 Å². The van der Waals surface area contributed by atoms with E-state index in [4.69, 9.17) is 0 Å². The number of aliphatic hydroxyl groups is 1. The van der Waals surface area contributed by atoms with Crippen LogP contribution in [-0.2, 0) is 0 Å². The highest BCUT2D eigenvalue weighted by Crippen LogP contribution is 2.12. The van der Waals surface area contributed by atoms with Crippen LogP contribution in [0.1, 0.15) is 10.4 Å². The van der Waals surface area contributed by atoms with Gasteiger partial charge in [0.1, 0.15) is 5.82 Å². The zero-order chi connectivity index (χ0) is 12.4. The van der Waals surface area contributed by atoms with Crippen molar-refractivity contribution in [1.29, 1.82) is 0 Å². The average molecular weight is 239 g/mol. The highest BCUT2D eigenvalue weighted by molar-refractivity contribution is 5.94. The van der Waals surface area contributed by atoms with E-state index < -0.39 is 11.9 Å². The maximum atomic E-state index is 12.9. The molecule has 2 heterocycles. The summed E-state index contributed by atoms with van der Waals surface area (Å²) in [5.41, 5.74) is 0.187. The third-order valence-electron chi connectivity index (χ3n) is 2.92. The van der Waals surface area contributed by atoms with Crippen LogP contribution in [0.25, 0.3) is 0 Å². The Morgan fingerprint density at radius 2 is 2.35 bits per heavy atom. The first kappa shape index (κ1) is 11.9. The van der Waals surface area contributed by atoms with Crippen molar-refractivity contribution in [1.82, 2.24) is 15.2 Å². The molecular formula is C11H14FN3O2. The summed E-state index contributed by atoms with van der Waals surface area (Å²) >= 11 is 0. The predicted octanol–water partition coefficient (Wildman–Crippen LogP) is -0.375. The molecule has 2 N–H and O–H groups in total. The maximum Gasteiger partial charge on any atom is 0.255 e. The van der Waals surface area contributed by atoms with Gasteiger partial charge in [-0.05, 0) is 6.07 Å². The number of nitrogens with one attached hydrogen (secondary N) is 1. The van der Waals surface area contributed by atoms with Crippen LogP contribution in [0.3, 0.4) is 0 Å². The van der Waals surface area contributed by atoms with E-state index in [0.717, 1.165) is 12.3 Å². The van der Waals surface area contributed by atoms with E-state index >= 15 is 0 Å². The Morgan fingerprint density at radius 3 is 2.94 bits per heavy atom. The minimum Gasteiger partial charge on any atom is -0.390 e. The van der Waals surface area contributed by atoms with Crippen LogP contribution in [0, 0.1) is 5.82 Å². The minimum atomic E-state index is -0.592. The zero-order valence-corrected chi connectivity index (χ0v) is 9.43. The Kier molecular flexibility index (Phi) is 3.35. The summed E-state index contributed by atoms with van der Waals surface area (Å²) < 4.78 is 12.9. The molecule has 0 radical (unpaired) electrons. The molecule has 1 fully saturated rings. The number of nitrogens with zero attached hydrogens (tertiary/aromatic N) is 2. The standard InChI is InChI=1S/C11H14FN3O2/c1-15(9-5-14-6-10(9)16)11(17)7-2-8(12)4-13-3-7/h2-4,9-10,14,16H,5-6H2,1H3/t9-,10-/m0/s1. The first-order valence-electron chi connectivity index (χ1n) is 5.36. The van der Waals surface area contributed by atoms with Crippen molar-refractivity contribution in [3.8, 4) is 0 Å². The topological polar surface area (TPSA) is 65.5 Å². The number of hydrogen-bond acceptors (Lipinski definition) is 4. The summed E-state index contributed by atoms with van der Waals surface area (Å²) in [6, 6.07) is 0.853. The van der Waals surface area contributed by atoms with Crippen molar-refractivity contribution < 1.29 is 14.3 Å². The third-order valence-corrected chi connectivity index (χ3v) is 2.92. The van der Waals surface area contributed by atoms with Crippen LogP contribution in [0.15, 0.2) is 18.5 Å². The van der Waals surface area contributed by atoms with Gasteiger partial charge in [0.05, 0.1) is 23.9 Å². The molecule has 0 aromatic carbocycles. The minimum absolute atomic E-state index is 0.187. The number of likely N-dealkylation sites (N-methyl/N-ethyl adjacent to an activating group) is 1. The molecular weight excluding hydrogens is 225 g/mol. The van der Waals surface area contributed by atoms with Gasteiger partial charge < -0.3 is 15.3 Å². The number of carbonyl (C=O) groups is 1. The van der Waals surface area contributed by atoms with Crippen molar-refractivity contribution >= 4 is 5.91 Å². The van der Waals surface area contributed by atoms with Crippen LogP contribution < -0.4 is 5.32 Å². The summed E-state index contributed by atoms with van der Waals surface area (Å²) in [4.78, 5) is 17.1. The molecule has 92 valence electrons. The van der Waals surface area contributed by atoms with Gasteiger partial charge in [-0.1, -0.05) is 0 Å². The molecule has 1 aliphatic heterocycles. The molecule has 17 heavy (non-hydrogen) atoms. The number of pyridine rings is 1. The first-order valence-corrected chi connectivity index (χ1v) is 5.36. The molecule has 1 saturated heterocycles. The maximum absolute atomic E-state index is 12.9. The second-order valence-corrected chi connectivity index (χ2v) is 4.10. The van der Waals surface area contributed by atoms with Crippen LogP contribution in [-0.4, -0.2) is 53.2 Å². The van der Waals surface area contributed by atoms with Crippen molar-refractivity contribution in [3.05, 3.63) is 29.8 Å². The molecule has 2 rings (SSSR count). The Balaban J connectivity index is 2.14. The summed E-state index contributed by atoms with van der Waals surface area (Å²) in [7, 11) is 1.59. The number of β-amino-alcohol motifs (C(OH)–C–C–N with tert-alkyl or cyclic N) is 1. The Morgan fingerprint density at radius 1 is 1.59 bits per heavy atom. The molecule has 1 aromatic heterocycles.